The Balaban J connectivity index is 1.75. The number of anilines is 1. The second-order valence-corrected chi connectivity index (χ2v) is 5.24. The van der Waals surface area contributed by atoms with Crippen molar-refractivity contribution in [2.75, 3.05) is 18.5 Å². The smallest absolute Gasteiger partial charge is 0.387 e. The van der Waals surface area contributed by atoms with Crippen molar-refractivity contribution in [2.45, 2.75) is 6.61 Å². The van der Waals surface area contributed by atoms with Crippen LogP contribution in [-0.2, 0) is 0 Å². The lowest BCUT2D eigenvalue weighted by Crippen LogP contribution is -2.17. The number of hydrogen-bond acceptors (Lipinski definition) is 4. The molecule has 5 nitrogen and oxygen atoms in total. The van der Waals surface area contributed by atoms with Gasteiger partial charge in [0.05, 0.1) is 10.7 Å². The summed E-state index contributed by atoms with van der Waals surface area (Å²) in [5.74, 6) is 0.524. The normalized spacial score (nSPS) is 12.8. The van der Waals surface area contributed by atoms with Crippen molar-refractivity contribution in [3.05, 3.63) is 47.0 Å². The maximum absolute atomic E-state index is 12.2. The first-order valence-electron chi connectivity index (χ1n) is 6.98. The van der Waals surface area contributed by atoms with Crippen LogP contribution in [0.5, 0.6) is 17.2 Å². The number of rotatable bonds is 4. The molecule has 0 atom stereocenters. The zero-order valence-electron chi connectivity index (χ0n) is 12.2. The highest BCUT2D eigenvalue weighted by atomic mass is 35.5. The fourth-order valence-corrected chi connectivity index (χ4v) is 2.34. The lowest BCUT2D eigenvalue weighted by atomic mass is 10.2. The van der Waals surface area contributed by atoms with Gasteiger partial charge in [0.2, 0.25) is 0 Å². The van der Waals surface area contributed by atoms with E-state index in [-0.39, 0.29) is 11.3 Å². The van der Waals surface area contributed by atoms with E-state index >= 15 is 0 Å². The minimum Gasteiger partial charge on any atom is -0.486 e. The van der Waals surface area contributed by atoms with E-state index in [1.165, 1.54) is 24.3 Å². The van der Waals surface area contributed by atoms with Crippen molar-refractivity contribution in [3.8, 4) is 17.2 Å². The van der Waals surface area contributed by atoms with Crippen LogP contribution in [0.2, 0.25) is 5.02 Å². The molecule has 8 heteroatoms. The molecule has 24 heavy (non-hydrogen) atoms. The fourth-order valence-electron chi connectivity index (χ4n) is 2.14. The number of halogens is 3. The molecule has 0 saturated heterocycles. The number of fused-ring (bicyclic) bond motifs is 1. The molecule has 126 valence electrons. The summed E-state index contributed by atoms with van der Waals surface area (Å²) in [4.78, 5) is 12.2. The molecule has 1 heterocycles. The van der Waals surface area contributed by atoms with Gasteiger partial charge in [-0.15, -0.1) is 0 Å². The van der Waals surface area contributed by atoms with Crippen LogP contribution in [0.15, 0.2) is 36.4 Å². The molecule has 0 unspecified atom stereocenters. The molecule has 2 aromatic rings. The molecule has 3 rings (SSSR count). The van der Waals surface area contributed by atoms with Crippen molar-refractivity contribution in [2.24, 2.45) is 0 Å². The summed E-state index contributed by atoms with van der Waals surface area (Å²) < 4.78 is 39.3. The lowest BCUT2D eigenvalue weighted by molar-refractivity contribution is -0.0498. The molecule has 0 radical (unpaired) electrons. The van der Waals surface area contributed by atoms with Gasteiger partial charge in [-0.05, 0) is 24.3 Å². The van der Waals surface area contributed by atoms with Crippen molar-refractivity contribution in [1.29, 1.82) is 0 Å². The predicted octanol–water partition coefficient (Wildman–Crippen LogP) is 3.96. The Kier molecular flexibility index (Phi) is 4.71. The van der Waals surface area contributed by atoms with E-state index in [0.29, 0.717) is 35.4 Å². The third kappa shape index (κ3) is 3.68. The van der Waals surface area contributed by atoms with E-state index in [2.05, 4.69) is 10.1 Å². The van der Waals surface area contributed by atoms with Crippen molar-refractivity contribution < 1.29 is 27.8 Å². The predicted molar refractivity (Wildman–Crippen MR) is 83.5 cm³/mol. The number of benzene rings is 2. The Morgan fingerprint density at radius 3 is 2.38 bits per heavy atom. The first-order valence-corrected chi connectivity index (χ1v) is 7.36. The summed E-state index contributed by atoms with van der Waals surface area (Å²) in [7, 11) is 0. The van der Waals surface area contributed by atoms with Gasteiger partial charge in [0.15, 0.2) is 11.5 Å². The molecule has 0 aromatic heterocycles. The summed E-state index contributed by atoms with van der Waals surface area (Å²) in [6.45, 7) is -2.07. The molecule has 0 spiro atoms. The molecule has 0 fully saturated rings. The number of ether oxygens (including phenoxy) is 3. The summed E-state index contributed by atoms with van der Waals surface area (Å²) in [5.41, 5.74) is 0.626. The van der Waals surface area contributed by atoms with Gasteiger partial charge in [-0.2, -0.15) is 8.78 Å². The molecular formula is C16H12ClF2NO4. The molecule has 1 aliphatic heterocycles. The quantitative estimate of drug-likeness (QED) is 0.901. The van der Waals surface area contributed by atoms with Crippen LogP contribution in [0.1, 0.15) is 10.4 Å². The highest BCUT2D eigenvalue weighted by Gasteiger charge is 2.17. The van der Waals surface area contributed by atoms with Crippen LogP contribution in [-0.4, -0.2) is 25.7 Å². The molecule has 0 saturated carbocycles. The van der Waals surface area contributed by atoms with Crippen molar-refractivity contribution in [3.63, 3.8) is 0 Å². The number of hydrogen-bond donors (Lipinski definition) is 1. The average Bonchev–Trinajstić information content (AvgIpc) is 2.55. The zero-order chi connectivity index (χ0) is 17.1. The maximum Gasteiger partial charge on any atom is 0.387 e. The van der Waals surface area contributed by atoms with Gasteiger partial charge < -0.3 is 19.5 Å². The van der Waals surface area contributed by atoms with Gasteiger partial charge in [0.1, 0.15) is 19.0 Å². The molecule has 1 aliphatic rings. The molecule has 0 aliphatic carbocycles. The molecule has 2 aromatic carbocycles. The fraction of sp³-hybridized carbons (Fsp3) is 0.188. The lowest BCUT2D eigenvalue weighted by Gasteiger charge is -2.20. The van der Waals surface area contributed by atoms with E-state index in [0.717, 1.165) is 0 Å². The number of nitrogens with one attached hydrogen (secondary N) is 1. The topological polar surface area (TPSA) is 56.8 Å². The minimum absolute atomic E-state index is 0.0288. The Morgan fingerprint density at radius 1 is 1.12 bits per heavy atom. The van der Waals surface area contributed by atoms with Gasteiger partial charge in [-0.1, -0.05) is 11.6 Å². The first kappa shape index (κ1) is 16.3. The molecule has 0 bridgehead atoms. The Labute approximate surface area is 141 Å². The highest BCUT2D eigenvalue weighted by Crippen LogP contribution is 2.38. The van der Waals surface area contributed by atoms with Crippen LogP contribution < -0.4 is 19.5 Å². The molecule has 1 N–H and O–H groups in total. The standard InChI is InChI=1S/C16H12ClF2NO4/c17-11-7-13-14(23-6-5-22-13)8-12(11)20-15(21)9-1-3-10(4-2-9)24-16(18)19/h1-4,7-8,16H,5-6H2,(H,20,21). The van der Waals surface area contributed by atoms with Gasteiger partial charge in [-0.3, -0.25) is 4.79 Å². The second-order valence-electron chi connectivity index (χ2n) is 4.83. The third-order valence-electron chi connectivity index (χ3n) is 3.22. The van der Waals surface area contributed by atoms with E-state index in [1.54, 1.807) is 12.1 Å². The number of alkyl halides is 2. The summed E-state index contributed by atoms with van der Waals surface area (Å²) in [6, 6.07) is 8.45. The van der Waals surface area contributed by atoms with Gasteiger partial charge in [0.25, 0.3) is 5.91 Å². The number of carbonyl (C=O) groups excluding carboxylic acids is 1. The van der Waals surface area contributed by atoms with E-state index in [1.807, 2.05) is 0 Å². The number of amides is 1. The summed E-state index contributed by atoms with van der Waals surface area (Å²) in [6.07, 6.45) is 0. The van der Waals surface area contributed by atoms with E-state index in [9.17, 15) is 13.6 Å². The van der Waals surface area contributed by atoms with Crippen LogP contribution >= 0.6 is 11.6 Å². The van der Waals surface area contributed by atoms with Gasteiger partial charge >= 0.3 is 6.61 Å². The third-order valence-corrected chi connectivity index (χ3v) is 3.53. The van der Waals surface area contributed by atoms with E-state index < -0.39 is 12.5 Å². The zero-order valence-corrected chi connectivity index (χ0v) is 13.0. The van der Waals surface area contributed by atoms with Gasteiger partial charge in [0, 0.05) is 17.7 Å². The SMILES string of the molecule is O=C(Nc1cc2c(cc1Cl)OCCO2)c1ccc(OC(F)F)cc1. The summed E-state index contributed by atoms with van der Waals surface area (Å²) in [5, 5.41) is 2.94. The van der Waals surface area contributed by atoms with Crippen LogP contribution in [0.25, 0.3) is 0 Å². The van der Waals surface area contributed by atoms with Crippen molar-refractivity contribution in [1.82, 2.24) is 0 Å². The van der Waals surface area contributed by atoms with Crippen LogP contribution in [0.3, 0.4) is 0 Å². The largest absolute Gasteiger partial charge is 0.486 e. The number of carbonyl (C=O) groups is 1. The molecular weight excluding hydrogens is 344 g/mol. The maximum atomic E-state index is 12.2. The Morgan fingerprint density at radius 2 is 1.75 bits per heavy atom. The first-order chi connectivity index (χ1) is 11.5. The monoisotopic (exact) mass is 355 g/mol. The Bertz CT molecular complexity index is 752. The highest BCUT2D eigenvalue weighted by molar-refractivity contribution is 6.34. The summed E-state index contributed by atoms with van der Waals surface area (Å²) >= 11 is 6.12. The molecule has 1 amide bonds. The van der Waals surface area contributed by atoms with Crippen LogP contribution in [0.4, 0.5) is 14.5 Å². The van der Waals surface area contributed by atoms with Crippen molar-refractivity contribution >= 4 is 23.2 Å². The van der Waals surface area contributed by atoms with Crippen LogP contribution in [0, 0.1) is 0 Å². The second kappa shape index (κ2) is 6.92. The van der Waals surface area contributed by atoms with Gasteiger partial charge in [-0.25, -0.2) is 0 Å². The minimum atomic E-state index is -2.92. The average molecular weight is 356 g/mol. The van der Waals surface area contributed by atoms with E-state index in [4.69, 9.17) is 21.1 Å². The Hall–Kier alpha value is -2.54.